The molecule has 1 aliphatic carbocycles. The molecule has 0 bridgehead atoms. The Balaban J connectivity index is 1.44. The lowest BCUT2D eigenvalue weighted by atomic mass is 10.1. The second-order valence-electron chi connectivity index (χ2n) is 7.17. The molecule has 0 amide bonds. The van der Waals surface area contributed by atoms with Crippen molar-refractivity contribution in [3.8, 4) is 0 Å². The fourth-order valence-corrected chi connectivity index (χ4v) is 3.48. The summed E-state index contributed by atoms with van der Waals surface area (Å²) < 4.78 is 13.5. The zero-order valence-corrected chi connectivity index (χ0v) is 14.8. The summed E-state index contributed by atoms with van der Waals surface area (Å²) in [6, 6.07) is 0.282. The van der Waals surface area contributed by atoms with Gasteiger partial charge in [-0.05, 0) is 39.5 Å². The van der Waals surface area contributed by atoms with Crippen molar-refractivity contribution in [2.24, 2.45) is 5.92 Å². The van der Waals surface area contributed by atoms with Crippen molar-refractivity contribution in [2.45, 2.75) is 59.4 Å². The standard InChI is InChI=1S/C18H26N4O2/c1-12-17(14(3)24-20-12)9-21-6-7-22-16(8-19-18(22)13(21)2)11-23-10-15-4-5-15/h8,13,15H,4-7,9-11H2,1-3H3. The molecule has 0 saturated heterocycles. The van der Waals surface area contributed by atoms with E-state index in [2.05, 4.69) is 26.5 Å². The highest BCUT2D eigenvalue weighted by Gasteiger charge is 2.28. The number of imidazole rings is 1. The molecule has 0 aromatic carbocycles. The lowest BCUT2D eigenvalue weighted by Crippen LogP contribution is -2.37. The monoisotopic (exact) mass is 330 g/mol. The van der Waals surface area contributed by atoms with Crippen LogP contribution in [0.4, 0.5) is 0 Å². The molecule has 2 aromatic rings. The number of hydrogen-bond donors (Lipinski definition) is 0. The zero-order chi connectivity index (χ0) is 16.7. The summed E-state index contributed by atoms with van der Waals surface area (Å²) >= 11 is 0. The van der Waals surface area contributed by atoms with Gasteiger partial charge in [-0.15, -0.1) is 0 Å². The van der Waals surface area contributed by atoms with Gasteiger partial charge in [-0.2, -0.15) is 0 Å². The van der Waals surface area contributed by atoms with Crippen molar-refractivity contribution in [2.75, 3.05) is 13.2 Å². The maximum Gasteiger partial charge on any atom is 0.138 e. The first kappa shape index (κ1) is 15.8. The molecule has 1 aliphatic heterocycles. The average Bonchev–Trinajstić information content (AvgIpc) is 3.22. The van der Waals surface area contributed by atoms with E-state index in [1.54, 1.807) is 0 Å². The molecule has 2 aliphatic rings. The first-order valence-corrected chi connectivity index (χ1v) is 8.91. The van der Waals surface area contributed by atoms with E-state index in [9.17, 15) is 0 Å². The first-order valence-electron chi connectivity index (χ1n) is 8.91. The topological polar surface area (TPSA) is 56.3 Å². The Hall–Kier alpha value is -1.66. The Bertz CT molecular complexity index is 697. The van der Waals surface area contributed by atoms with Gasteiger partial charge in [0.1, 0.15) is 11.6 Å². The van der Waals surface area contributed by atoms with Crippen molar-refractivity contribution in [3.63, 3.8) is 0 Å². The van der Waals surface area contributed by atoms with Crippen molar-refractivity contribution in [3.05, 3.63) is 34.7 Å². The van der Waals surface area contributed by atoms with Gasteiger partial charge in [-0.25, -0.2) is 4.98 Å². The minimum absolute atomic E-state index is 0.282. The number of fused-ring (bicyclic) bond motifs is 1. The van der Waals surface area contributed by atoms with Crippen LogP contribution in [0.25, 0.3) is 0 Å². The highest BCUT2D eigenvalue weighted by molar-refractivity contribution is 5.21. The molecule has 6 heteroatoms. The van der Waals surface area contributed by atoms with Gasteiger partial charge in [0.2, 0.25) is 0 Å². The van der Waals surface area contributed by atoms with Crippen LogP contribution in [0.1, 0.15) is 54.3 Å². The maximum atomic E-state index is 5.85. The molecule has 4 rings (SSSR count). The highest BCUT2D eigenvalue weighted by atomic mass is 16.5. The van der Waals surface area contributed by atoms with Gasteiger partial charge in [0, 0.05) is 31.8 Å². The van der Waals surface area contributed by atoms with Crippen molar-refractivity contribution >= 4 is 0 Å². The summed E-state index contributed by atoms with van der Waals surface area (Å²) in [4.78, 5) is 7.13. The van der Waals surface area contributed by atoms with E-state index in [1.807, 2.05) is 20.0 Å². The molecule has 0 radical (unpaired) electrons. The summed E-state index contributed by atoms with van der Waals surface area (Å²) in [5.41, 5.74) is 3.40. The van der Waals surface area contributed by atoms with E-state index in [-0.39, 0.29) is 6.04 Å². The predicted octanol–water partition coefficient (Wildman–Crippen LogP) is 2.99. The molecule has 1 fully saturated rings. The Kier molecular flexibility index (Phi) is 4.18. The largest absolute Gasteiger partial charge is 0.375 e. The number of hydrogen-bond acceptors (Lipinski definition) is 5. The molecule has 24 heavy (non-hydrogen) atoms. The smallest absolute Gasteiger partial charge is 0.138 e. The van der Waals surface area contributed by atoms with E-state index in [1.165, 1.54) is 24.1 Å². The zero-order valence-electron chi connectivity index (χ0n) is 14.8. The highest BCUT2D eigenvalue weighted by Crippen LogP contribution is 2.30. The summed E-state index contributed by atoms with van der Waals surface area (Å²) in [7, 11) is 0. The minimum Gasteiger partial charge on any atom is -0.375 e. The minimum atomic E-state index is 0.282. The van der Waals surface area contributed by atoms with Crippen LogP contribution < -0.4 is 0 Å². The van der Waals surface area contributed by atoms with Crippen LogP contribution >= 0.6 is 0 Å². The molecule has 1 atom stereocenters. The lowest BCUT2D eigenvalue weighted by molar-refractivity contribution is 0.101. The molecule has 130 valence electrons. The molecule has 6 nitrogen and oxygen atoms in total. The van der Waals surface area contributed by atoms with E-state index < -0.39 is 0 Å². The van der Waals surface area contributed by atoms with Gasteiger partial charge in [0.05, 0.1) is 30.2 Å². The molecule has 1 unspecified atom stereocenters. The summed E-state index contributed by atoms with van der Waals surface area (Å²) in [6.45, 7) is 10.6. The van der Waals surface area contributed by atoms with Gasteiger partial charge in [-0.3, -0.25) is 4.90 Å². The molecular formula is C18H26N4O2. The first-order chi connectivity index (χ1) is 11.6. The average molecular weight is 330 g/mol. The van der Waals surface area contributed by atoms with Gasteiger partial charge in [0.15, 0.2) is 0 Å². The van der Waals surface area contributed by atoms with E-state index in [0.29, 0.717) is 6.61 Å². The maximum absolute atomic E-state index is 5.85. The van der Waals surface area contributed by atoms with E-state index >= 15 is 0 Å². The van der Waals surface area contributed by atoms with Crippen LogP contribution in [0.3, 0.4) is 0 Å². The van der Waals surface area contributed by atoms with Crippen molar-refractivity contribution in [1.29, 1.82) is 0 Å². The number of rotatable bonds is 6. The van der Waals surface area contributed by atoms with Crippen molar-refractivity contribution < 1.29 is 9.26 Å². The SMILES string of the molecule is Cc1noc(C)c1CN1CCn2c(COCC3CC3)cnc2C1C. The second kappa shape index (κ2) is 6.33. The van der Waals surface area contributed by atoms with Crippen LogP contribution in [0.15, 0.2) is 10.7 Å². The van der Waals surface area contributed by atoms with Gasteiger partial charge < -0.3 is 13.8 Å². The quantitative estimate of drug-likeness (QED) is 0.815. The Morgan fingerprint density at radius 3 is 2.83 bits per heavy atom. The van der Waals surface area contributed by atoms with Crippen LogP contribution in [-0.2, 0) is 24.4 Å². The van der Waals surface area contributed by atoms with Crippen LogP contribution in [0, 0.1) is 19.8 Å². The number of aryl methyl sites for hydroxylation is 2. The Morgan fingerprint density at radius 2 is 2.12 bits per heavy atom. The number of nitrogens with zero attached hydrogens (tertiary/aromatic N) is 4. The molecule has 1 saturated carbocycles. The Labute approximate surface area is 142 Å². The number of ether oxygens (including phenoxy) is 1. The molecule has 3 heterocycles. The van der Waals surface area contributed by atoms with Crippen LogP contribution in [0.2, 0.25) is 0 Å². The third-order valence-corrected chi connectivity index (χ3v) is 5.34. The normalized spacial score (nSPS) is 21.2. The summed E-state index contributed by atoms with van der Waals surface area (Å²) in [5, 5.41) is 4.07. The van der Waals surface area contributed by atoms with Gasteiger partial charge in [-0.1, -0.05) is 5.16 Å². The molecule has 0 N–H and O–H groups in total. The molecule has 0 spiro atoms. The molecule has 2 aromatic heterocycles. The third kappa shape index (κ3) is 3.00. The van der Waals surface area contributed by atoms with Crippen LogP contribution in [0.5, 0.6) is 0 Å². The fraction of sp³-hybridized carbons (Fsp3) is 0.667. The Morgan fingerprint density at radius 1 is 1.29 bits per heavy atom. The van der Waals surface area contributed by atoms with Gasteiger partial charge >= 0.3 is 0 Å². The number of aromatic nitrogens is 3. The summed E-state index contributed by atoms with van der Waals surface area (Å²) in [5.74, 6) is 2.86. The van der Waals surface area contributed by atoms with E-state index in [4.69, 9.17) is 9.26 Å². The van der Waals surface area contributed by atoms with Crippen molar-refractivity contribution in [1.82, 2.24) is 19.6 Å². The lowest BCUT2D eigenvalue weighted by Gasteiger charge is -2.34. The third-order valence-electron chi connectivity index (χ3n) is 5.34. The summed E-state index contributed by atoms with van der Waals surface area (Å²) in [6.07, 6.45) is 4.65. The second-order valence-corrected chi connectivity index (χ2v) is 7.17. The predicted molar refractivity (Wildman–Crippen MR) is 89.4 cm³/mol. The molecular weight excluding hydrogens is 304 g/mol. The van der Waals surface area contributed by atoms with Crippen LogP contribution in [-0.4, -0.2) is 32.8 Å². The van der Waals surface area contributed by atoms with E-state index in [0.717, 1.165) is 49.4 Å². The fourth-order valence-electron chi connectivity index (χ4n) is 3.48. The van der Waals surface area contributed by atoms with Gasteiger partial charge in [0.25, 0.3) is 0 Å².